The van der Waals surface area contributed by atoms with E-state index in [1.165, 1.54) is 29.4 Å². The fraction of sp³-hybridized carbons (Fsp3) is 0.429. The van der Waals surface area contributed by atoms with Crippen LogP contribution in [0.2, 0.25) is 0 Å². The maximum absolute atomic E-state index is 5.66. The van der Waals surface area contributed by atoms with Crippen molar-refractivity contribution in [2.24, 2.45) is 0 Å². The molecule has 1 aromatic heterocycles. The molecule has 2 nitrogen and oxygen atoms in total. The summed E-state index contributed by atoms with van der Waals surface area (Å²) in [5, 5.41) is 4.75. The van der Waals surface area contributed by atoms with Crippen molar-refractivity contribution in [1.82, 2.24) is 5.32 Å². The highest BCUT2D eigenvalue weighted by atomic mass is 16.3. The molecule has 1 N–H and O–H groups in total. The van der Waals surface area contributed by atoms with Gasteiger partial charge < -0.3 is 9.73 Å². The van der Waals surface area contributed by atoms with Crippen molar-refractivity contribution >= 4 is 11.0 Å². The molecule has 0 saturated carbocycles. The Hall–Kier alpha value is -1.28. The molecule has 1 aromatic carbocycles. The summed E-state index contributed by atoms with van der Waals surface area (Å²) in [5.41, 5.74) is 3.78. The van der Waals surface area contributed by atoms with Gasteiger partial charge >= 0.3 is 0 Å². The molecular formula is C14H17NO. The van der Waals surface area contributed by atoms with Gasteiger partial charge in [-0.05, 0) is 50.4 Å². The Bertz CT molecular complexity index is 494. The summed E-state index contributed by atoms with van der Waals surface area (Å²) in [6.45, 7) is 4.43. The molecule has 0 spiro atoms. The summed E-state index contributed by atoms with van der Waals surface area (Å²) in [6.07, 6.45) is 4.42. The van der Waals surface area contributed by atoms with Crippen LogP contribution in [0.5, 0.6) is 0 Å². The van der Waals surface area contributed by atoms with Gasteiger partial charge in [0.05, 0.1) is 6.26 Å². The summed E-state index contributed by atoms with van der Waals surface area (Å²) in [5.74, 6) is 0.670. The standard InChI is InChI=1S/C14H17NO/c1-10-3-2-4-13-14(10)12(9-16-13)11-5-7-15-8-6-11/h2-4,9,11,15H,5-8H2,1H3. The van der Waals surface area contributed by atoms with Crippen molar-refractivity contribution in [3.8, 4) is 0 Å². The first-order chi connectivity index (χ1) is 7.86. The smallest absolute Gasteiger partial charge is 0.134 e. The first-order valence-corrected chi connectivity index (χ1v) is 6.03. The molecule has 16 heavy (non-hydrogen) atoms. The van der Waals surface area contributed by atoms with Crippen molar-refractivity contribution < 1.29 is 4.42 Å². The third kappa shape index (κ3) is 1.54. The van der Waals surface area contributed by atoms with Crippen LogP contribution in [0.25, 0.3) is 11.0 Å². The van der Waals surface area contributed by atoms with Gasteiger partial charge in [0.1, 0.15) is 5.58 Å². The molecule has 0 aliphatic carbocycles. The van der Waals surface area contributed by atoms with E-state index < -0.39 is 0 Å². The molecule has 0 radical (unpaired) electrons. The van der Waals surface area contributed by atoms with Gasteiger partial charge in [0.25, 0.3) is 0 Å². The van der Waals surface area contributed by atoms with Gasteiger partial charge in [0, 0.05) is 10.9 Å². The Labute approximate surface area is 95.6 Å². The number of furan rings is 1. The highest BCUT2D eigenvalue weighted by molar-refractivity contribution is 5.85. The molecule has 2 heteroatoms. The fourth-order valence-electron chi connectivity index (χ4n) is 2.73. The van der Waals surface area contributed by atoms with Crippen LogP contribution in [0.15, 0.2) is 28.9 Å². The van der Waals surface area contributed by atoms with E-state index in [9.17, 15) is 0 Å². The van der Waals surface area contributed by atoms with Gasteiger partial charge in [0.2, 0.25) is 0 Å². The predicted molar refractivity (Wildman–Crippen MR) is 65.8 cm³/mol. The van der Waals surface area contributed by atoms with Crippen molar-refractivity contribution in [3.05, 3.63) is 35.6 Å². The molecule has 0 bridgehead atoms. The van der Waals surface area contributed by atoms with Crippen molar-refractivity contribution in [2.45, 2.75) is 25.7 Å². The Kier molecular flexibility index (Phi) is 2.44. The van der Waals surface area contributed by atoms with Crippen LogP contribution in [0.1, 0.15) is 29.9 Å². The second-order valence-corrected chi connectivity index (χ2v) is 4.66. The zero-order valence-corrected chi connectivity index (χ0v) is 9.62. The molecule has 1 fully saturated rings. The van der Waals surface area contributed by atoms with Crippen LogP contribution in [0, 0.1) is 6.92 Å². The number of rotatable bonds is 1. The fourth-order valence-corrected chi connectivity index (χ4v) is 2.73. The third-order valence-electron chi connectivity index (χ3n) is 3.62. The topological polar surface area (TPSA) is 25.2 Å². The van der Waals surface area contributed by atoms with E-state index in [1.54, 1.807) is 0 Å². The quantitative estimate of drug-likeness (QED) is 0.790. The van der Waals surface area contributed by atoms with Crippen LogP contribution in [0.3, 0.4) is 0 Å². The SMILES string of the molecule is Cc1cccc2occ(C3CCNCC3)c12. The van der Waals surface area contributed by atoms with Crippen LogP contribution in [-0.4, -0.2) is 13.1 Å². The van der Waals surface area contributed by atoms with Gasteiger partial charge in [-0.1, -0.05) is 12.1 Å². The maximum Gasteiger partial charge on any atom is 0.134 e. The highest BCUT2D eigenvalue weighted by Crippen LogP contribution is 2.34. The lowest BCUT2D eigenvalue weighted by atomic mass is 9.89. The van der Waals surface area contributed by atoms with E-state index in [1.807, 2.05) is 6.26 Å². The van der Waals surface area contributed by atoms with Crippen LogP contribution < -0.4 is 5.32 Å². The second kappa shape index (κ2) is 3.95. The molecule has 0 atom stereocenters. The Morgan fingerprint density at radius 2 is 2.06 bits per heavy atom. The molecule has 84 valence electrons. The van der Waals surface area contributed by atoms with Crippen molar-refractivity contribution in [1.29, 1.82) is 0 Å². The number of hydrogen-bond acceptors (Lipinski definition) is 2. The Morgan fingerprint density at radius 1 is 1.25 bits per heavy atom. The zero-order chi connectivity index (χ0) is 11.0. The Morgan fingerprint density at radius 3 is 2.88 bits per heavy atom. The van der Waals surface area contributed by atoms with Crippen LogP contribution >= 0.6 is 0 Å². The molecule has 3 rings (SSSR count). The first kappa shape index (κ1) is 9.91. The van der Waals surface area contributed by atoms with Gasteiger partial charge in [0.15, 0.2) is 0 Å². The minimum absolute atomic E-state index is 0.670. The normalized spacial score (nSPS) is 18.1. The average Bonchev–Trinajstić information content (AvgIpc) is 2.75. The second-order valence-electron chi connectivity index (χ2n) is 4.66. The summed E-state index contributed by atoms with van der Waals surface area (Å²) in [4.78, 5) is 0. The van der Waals surface area contributed by atoms with E-state index >= 15 is 0 Å². The Balaban J connectivity index is 2.09. The summed E-state index contributed by atoms with van der Waals surface area (Å²) >= 11 is 0. The monoisotopic (exact) mass is 215 g/mol. The molecule has 0 amide bonds. The number of aryl methyl sites for hydroxylation is 1. The van der Waals surface area contributed by atoms with Gasteiger partial charge in [-0.3, -0.25) is 0 Å². The number of piperidine rings is 1. The number of hydrogen-bond donors (Lipinski definition) is 1. The number of fused-ring (bicyclic) bond motifs is 1. The maximum atomic E-state index is 5.66. The molecule has 1 aliphatic rings. The number of benzene rings is 1. The van der Waals surface area contributed by atoms with Gasteiger partial charge in [-0.2, -0.15) is 0 Å². The summed E-state index contributed by atoms with van der Waals surface area (Å²) in [7, 11) is 0. The van der Waals surface area contributed by atoms with E-state index in [0.29, 0.717) is 5.92 Å². The third-order valence-corrected chi connectivity index (χ3v) is 3.62. The number of nitrogens with one attached hydrogen (secondary N) is 1. The van der Waals surface area contributed by atoms with Crippen molar-refractivity contribution in [3.63, 3.8) is 0 Å². The lowest BCUT2D eigenvalue weighted by Gasteiger charge is -2.22. The molecule has 0 unspecified atom stereocenters. The lowest BCUT2D eigenvalue weighted by Crippen LogP contribution is -2.26. The molecule has 2 heterocycles. The minimum Gasteiger partial charge on any atom is -0.464 e. The molecule has 2 aromatic rings. The first-order valence-electron chi connectivity index (χ1n) is 6.03. The van der Waals surface area contributed by atoms with Crippen molar-refractivity contribution in [2.75, 3.05) is 13.1 Å². The van der Waals surface area contributed by atoms with Gasteiger partial charge in [-0.15, -0.1) is 0 Å². The van der Waals surface area contributed by atoms with E-state index in [2.05, 4.69) is 30.4 Å². The molecule has 1 aliphatic heterocycles. The van der Waals surface area contributed by atoms with E-state index in [0.717, 1.165) is 18.7 Å². The molecular weight excluding hydrogens is 198 g/mol. The predicted octanol–water partition coefficient (Wildman–Crippen LogP) is 3.21. The largest absolute Gasteiger partial charge is 0.464 e. The van der Waals surface area contributed by atoms with Gasteiger partial charge in [-0.25, -0.2) is 0 Å². The van der Waals surface area contributed by atoms with Crippen LogP contribution in [0.4, 0.5) is 0 Å². The highest BCUT2D eigenvalue weighted by Gasteiger charge is 2.20. The lowest BCUT2D eigenvalue weighted by molar-refractivity contribution is 0.457. The van der Waals surface area contributed by atoms with Crippen LogP contribution in [-0.2, 0) is 0 Å². The van der Waals surface area contributed by atoms with E-state index in [4.69, 9.17) is 4.42 Å². The van der Waals surface area contributed by atoms with E-state index in [-0.39, 0.29) is 0 Å². The molecule has 1 saturated heterocycles. The average molecular weight is 215 g/mol. The minimum atomic E-state index is 0.670. The summed E-state index contributed by atoms with van der Waals surface area (Å²) < 4.78 is 5.66. The zero-order valence-electron chi connectivity index (χ0n) is 9.62. The summed E-state index contributed by atoms with van der Waals surface area (Å²) in [6, 6.07) is 6.29.